The van der Waals surface area contributed by atoms with Crippen molar-refractivity contribution in [2.45, 2.75) is 77.7 Å². The van der Waals surface area contributed by atoms with Gasteiger partial charge in [0.05, 0.1) is 0 Å². The van der Waals surface area contributed by atoms with Gasteiger partial charge in [0.15, 0.2) is 5.82 Å². The quantitative estimate of drug-likeness (QED) is 0.886. The topological polar surface area (TPSA) is 64.9 Å². The van der Waals surface area contributed by atoms with Gasteiger partial charge in [0.2, 0.25) is 5.89 Å². The zero-order valence-corrected chi connectivity index (χ0v) is 12.5. The van der Waals surface area contributed by atoms with Crippen LogP contribution in [0.25, 0.3) is 0 Å². The molecular formula is C15H27N3O. The van der Waals surface area contributed by atoms with E-state index >= 15 is 0 Å². The van der Waals surface area contributed by atoms with Crippen molar-refractivity contribution < 1.29 is 4.52 Å². The fraction of sp³-hybridized carbons (Fsp3) is 0.867. The maximum atomic E-state index is 6.01. The van der Waals surface area contributed by atoms with E-state index in [1.807, 2.05) is 0 Å². The average molecular weight is 265 g/mol. The van der Waals surface area contributed by atoms with E-state index in [1.54, 1.807) is 0 Å². The molecule has 1 unspecified atom stereocenters. The van der Waals surface area contributed by atoms with E-state index < -0.39 is 0 Å². The standard InChI is InChI=1S/C15H27N3O/c1-4-5-12(16)10-13-17-14(18-19-13)11-6-8-15(2,3)9-7-11/h11-12H,4-10,16H2,1-3H3. The molecule has 108 valence electrons. The smallest absolute Gasteiger partial charge is 0.228 e. The molecule has 1 saturated carbocycles. The number of nitrogens with two attached hydrogens (primary N) is 1. The molecule has 1 atom stereocenters. The third kappa shape index (κ3) is 4.03. The van der Waals surface area contributed by atoms with Gasteiger partial charge in [-0.25, -0.2) is 0 Å². The van der Waals surface area contributed by atoms with Gasteiger partial charge in [-0.3, -0.25) is 0 Å². The molecule has 2 N–H and O–H groups in total. The zero-order chi connectivity index (χ0) is 13.9. The van der Waals surface area contributed by atoms with E-state index in [0.29, 0.717) is 23.6 Å². The predicted octanol–water partition coefficient (Wildman–Crippen LogP) is 3.42. The Balaban J connectivity index is 1.90. The molecule has 1 fully saturated rings. The van der Waals surface area contributed by atoms with E-state index in [0.717, 1.165) is 18.7 Å². The second-order valence-corrected chi connectivity index (χ2v) is 6.74. The van der Waals surface area contributed by atoms with Crippen molar-refractivity contribution in [1.82, 2.24) is 10.1 Å². The third-order valence-corrected chi connectivity index (χ3v) is 4.28. The summed E-state index contributed by atoms with van der Waals surface area (Å²) in [4.78, 5) is 4.55. The average Bonchev–Trinajstić information content (AvgIpc) is 2.77. The van der Waals surface area contributed by atoms with Crippen LogP contribution in [-0.4, -0.2) is 16.2 Å². The van der Waals surface area contributed by atoms with Crippen molar-refractivity contribution >= 4 is 0 Å². The first-order valence-electron chi connectivity index (χ1n) is 7.58. The van der Waals surface area contributed by atoms with Crippen LogP contribution in [0.1, 0.15) is 76.9 Å². The van der Waals surface area contributed by atoms with Gasteiger partial charge in [0.25, 0.3) is 0 Å². The Bertz CT molecular complexity index is 390. The summed E-state index contributed by atoms with van der Waals surface area (Å²) in [5.41, 5.74) is 6.49. The first-order chi connectivity index (χ1) is 9.00. The second-order valence-electron chi connectivity index (χ2n) is 6.74. The molecule has 0 aromatic carbocycles. The Morgan fingerprint density at radius 2 is 2.05 bits per heavy atom. The molecule has 0 bridgehead atoms. The van der Waals surface area contributed by atoms with E-state index in [-0.39, 0.29) is 6.04 Å². The van der Waals surface area contributed by atoms with Crippen LogP contribution in [0.15, 0.2) is 4.52 Å². The lowest BCUT2D eigenvalue weighted by Gasteiger charge is -2.32. The minimum Gasteiger partial charge on any atom is -0.339 e. The maximum Gasteiger partial charge on any atom is 0.228 e. The van der Waals surface area contributed by atoms with Crippen LogP contribution >= 0.6 is 0 Å². The monoisotopic (exact) mass is 265 g/mol. The van der Waals surface area contributed by atoms with Gasteiger partial charge in [-0.1, -0.05) is 32.3 Å². The van der Waals surface area contributed by atoms with Gasteiger partial charge in [-0.2, -0.15) is 4.98 Å². The van der Waals surface area contributed by atoms with Crippen molar-refractivity contribution in [2.75, 3.05) is 0 Å². The summed E-state index contributed by atoms with van der Waals surface area (Å²) in [6.07, 6.45) is 7.65. The van der Waals surface area contributed by atoms with Crippen molar-refractivity contribution in [3.63, 3.8) is 0 Å². The highest BCUT2D eigenvalue weighted by atomic mass is 16.5. The Hall–Kier alpha value is -0.900. The van der Waals surface area contributed by atoms with Crippen LogP contribution in [0.3, 0.4) is 0 Å². The van der Waals surface area contributed by atoms with Gasteiger partial charge in [-0.15, -0.1) is 0 Å². The van der Waals surface area contributed by atoms with Crippen molar-refractivity contribution in [3.8, 4) is 0 Å². The van der Waals surface area contributed by atoms with Gasteiger partial charge in [0, 0.05) is 18.4 Å². The van der Waals surface area contributed by atoms with Gasteiger partial charge in [0.1, 0.15) is 0 Å². The van der Waals surface area contributed by atoms with Crippen molar-refractivity contribution in [1.29, 1.82) is 0 Å². The molecule has 4 nitrogen and oxygen atoms in total. The van der Waals surface area contributed by atoms with Crippen molar-refractivity contribution in [3.05, 3.63) is 11.7 Å². The minimum atomic E-state index is 0.142. The molecule has 1 heterocycles. The molecule has 1 aliphatic rings. The molecule has 1 aromatic rings. The molecular weight excluding hydrogens is 238 g/mol. The highest BCUT2D eigenvalue weighted by molar-refractivity contribution is 4.99. The highest BCUT2D eigenvalue weighted by Crippen LogP contribution is 2.41. The molecule has 0 amide bonds. The van der Waals surface area contributed by atoms with E-state index in [9.17, 15) is 0 Å². The van der Waals surface area contributed by atoms with Crippen LogP contribution in [0, 0.1) is 5.41 Å². The largest absolute Gasteiger partial charge is 0.339 e. The Labute approximate surface area is 116 Å². The molecule has 0 aliphatic heterocycles. The fourth-order valence-corrected chi connectivity index (χ4v) is 2.87. The SMILES string of the molecule is CCCC(N)Cc1nc(C2CCC(C)(C)CC2)no1. The van der Waals surface area contributed by atoms with E-state index in [2.05, 4.69) is 30.9 Å². The first kappa shape index (κ1) is 14.5. The zero-order valence-electron chi connectivity index (χ0n) is 12.5. The van der Waals surface area contributed by atoms with Crippen LogP contribution in [0.4, 0.5) is 0 Å². The molecule has 4 heteroatoms. The summed E-state index contributed by atoms with van der Waals surface area (Å²) in [5, 5.41) is 4.16. The number of aromatic nitrogens is 2. The number of rotatable bonds is 5. The molecule has 1 aliphatic carbocycles. The Morgan fingerprint density at radius 1 is 1.37 bits per heavy atom. The lowest BCUT2D eigenvalue weighted by molar-refractivity contribution is 0.218. The van der Waals surface area contributed by atoms with Crippen molar-refractivity contribution in [2.24, 2.45) is 11.1 Å². The summed E-state index contributed by atoms with van der Waals surface area (Å²) in [7, 11) is 0. The summed E-state index contributed by atoms with van der Waals surface area (Å²) in [6.45, 7) is 6.83. The minimum absolute atomic E-state index is 0.142. The number of hydrogen-bond donors (Lipinski definition) is 1. The van der Waals surface area contributed by atoms with Crippen LogP contribution in [0.5, 0.6) is 0 Å². The molecule has 19 heavy (non-hydrogen) atoms. The molecule has 0 saturated heterocycles. The fourth-order valence-electron chi connectivity index (χ4n) is 2.87. The summed E-state index contributed by atoms with van der Waals surface area (Å²) in [6, 6.07) is 0.142. The summed E-state index contributed by atoms with van der Waals surface area (Å²) < 4.78 is 5.35. The maximum absolute atomic E-state index is 6.01. The summed E-state index contributed by atoms with van der Waals surface area (Å²) >= 11 is 0. The van der Waals surface area contributed by atoms with Gasteiger partial charge < -0.3 is 10.3 Å². The van der Waals surface area contributed by atoms with Crippen LogP contribution in [-0.2, 0) is 6.42 Å². The van der Waals surface area contributed by atoms with E-state index in [4.69, 9.17) is 10.3 Å². The third-order valence-electron chi connectivity index (χ3n) is 4.28. The lowest BCUT2D eigenvalue weighted by Crippen LogP contribution is -2.22. The van der Waals surface area contributed by atoms with E-state index in [1.165, 1.54) is 25.7 Å². The second kappa shape index (κ2) is 6.04. The predicted molar refractivity (Wildman–Crippen MR) is 75.9 cm³/mol. The normalized spacial score (nSPS) is 21.5. The number of hydrogen-bond acceptors (Lipinski definition) is 4. The first-order valence-corrected chi connectivity index (χ1v) is 7.58. The lowest BCUT2D eigenvalue weighted by atomic mass is 9.73. The Kier molecular flexibility index (Phi) is 4.61. The van der Waals surface area contributed by atoms with Gasteiger partial charge >= 0.3 is 0 Å². The molecule has 2 rings (SSSR count). The number of nitrogens with zero attached hydrogens (tertiary/aromatic N) is 2. The van der Waals surface area contributed by atoms with Crippen LogP contribution in [0.2, 0.25) is 0 Å². The Morgan fingerprint density at radius 3 is 2.68 bits per heavy atom. The molecule has 0 spiro atoms. The van der Waals surface area contributed by atoms with Crippen LogP contribution < -0.4 is 5.73 Å². The highest BCUT2D eigenvalue weighted by Gasteiger charge is 2.30. The summed E-state index contributed by atoms with van der Waals surface area (Å²) in [5.74, 6) is 2.09. The van der Waals surface area contributed by atoms with Gasteiger partial charge in [-0.05, 0) is 37.5 Å². The molecule has 0 radical (unpaired) electrons. The molecule has 1 aromatic heterocycles.